The molecule has 3 aromatic rings. The Morgan fingerprint density at radius 2 is 1.90 bits per heavy atom. The summed E-state index contributed by atoms with van der Waals surface area (Å²) in [7, 11) is 0. The highest BCUT2D eigenvalue weighted by Gasteiger charge is 2.13. The average molecular weight is 298 g/mol. The lowest BCUT2D eigenvalue weighted by Gasteiger charge is -2.15. The third-order valence-corrected chi connectivity index (χ3v) is 4.49. The van der Waals surface area contributed by atoms with Crippen LogP contribution in [0, 0.1) is 0 Å². The molecule has 0 spiro atoms. The van der Waals surface area contributed by atoms with E-state index >= 15 is 0 Å². The van der Waals surface area contributed by atoms with E-state index in [1.54, 1.807) is 11.3 Å². The average Bonchev–Trinajstić information content (AvgIpc) is 2.90. The van der Waals surface area contributed by atoms with Crippen molar-refractivity contribution in [1.29, 1.82) is 0 Å². The molecule has 0 bridgehead atoms. The van der Waals surface area contributed by atoms with Crippen LogP contribution in [0.5, 0.6) is 5.75 Å². The molecule has 0 aliphatic heterocycles. The van der Waals surface area contributed by atoms with Gasteiger partial charge in [-0.1, -0.05) is 30.3 Å². The van der Waals surface area contributed by atoms with E-state index in [1.807, 2.05) is 44.2 Å². The first-order valence-corrected chi connectivity index (χ1v) is 7.89. The Balaban J connectivity index is 2.12. The predicted octanol–water partition coefficient (Wildman–Crippen LogP) is 4.85. The molecule has 0 fully saturated rings. The fourth-order valence-electron chi connectivity index (χ4n) is 2.44. The summed E-state index contributed by atoms with van der Waals surface area (Å²) in [6.45, 7) is 3.97. The molecule has 2 aromatic carbocycles. The topological polar surface area (TPSA) is 29.5 Å². The molecule has 1 heterocycles. The summed E-state index contributed by atoms with van der Waals surface area (Å²) in [5, 5.41) is 11.0. The van der Waals surface area contributed by atoms with E-state index in [0.29, 0.717) is 0 Å². The van der Waals surface area contributed by atoms with Crippen LogP contribution in [0.4, 0.5) is 0 Å². The predicted molar refractivity (Wildman–Crippen MR) is 88.9 cm³/mol. The van der Waals surface area contributed by atoms with Crippen LogP contribution < -0.4 is 4.74 Å². The van der Waals surface area contributed by atoms with Crippen LogP contribution in [0.1, 0.15) is 19.4 Å². The molecule has 3 rings (SSSR count). The van der Waals surface area contributed by atoms with E-state index in [1.165, 1.54) is 10.1 Å². The first-order chi connectivity index (χ1) is 10.2. The van der Waals surface area contributed by atoms with Crippen LogP contribution in [0.25, 0.3) is 20.5 Å². The molecule has 0 amide bonds. The van der Waals surface area contributed by atoms with Crippen molar-refractivity contribution in [2.75, 3.05) is 0 Å². The van der Waals surface area contributed by atoms with Crippen molar-refractivity contribution < 1.29 is 9.84 Å². The van der Waals surface area contributed by atoms with Gasteiger partial charge in [0.15, 0.2) is 0 Å². The first kappa shape index (κ1) is 14.1. The fraction of sp³-hybridized carbons (Fsp3) is 0.222. The van der Waals surface area contributed by atoms with Gasteiger partial charge in [-0.3, -0.25) is 0 Å². The highest BCUT2D eigenvalue weighted by atomic mass is 32.1. The maximum Gasteiger partial charge on any atom is 0.125 e. The van der Waals surface area contributed by atoms with Crippen molar-refractivity contribution in [2.45, 2.75) is 26.6 Å². The van der Waals surface area contributed by atoms with Crippen molar-refractivity contribution in [1.82, 2.24) is 0 Å². The molecule has 1 N–H and O–H groups in total. The maximum atomic E-state index is 9.77. The molecule has 0 aliphatic carbocycles. The summed E-state index contributed by atoms with van der Waals surface area (Å²) in [5.74, 6) is 0.766. The van der Waals surface area contributed by atoms with Crippen LogP contribution in [-0.2, 0) is 6.61 Å². The summed E-state index contributed by atoms with van der Waals surface area (Å²) in [4.78, 5) is 1.16. The lowest BCUT2D eigenvalue weighted by Crippen LogP contribution is -2.08. The normalized spacial score (nSPS) is 11.2. The smallest absolute Gasteiger partial charge is 0.125 e. The number of benzene rings is 2. The molecular weight excluding hydrogens is 280 g/mol. The van der Waals surface area contributed by atoms with Crippen LogP contribution in [0.15, 0.2) is 48.5 Å². The van der Waals surface area contributed by atoms with E-state index in [4.69, 9.17) is 4.74 Å². The second kappa shape index (κ2) is 5.88. The minimum atomic E-state index is -0.0214. The first-order valence-electron chi connectivity index (χ1n) is 7.07. The van der Waals surface area contributed by atoms with Gasteiger partial charge in [0.2, 0.25) is 0 Å². The number of aliphatic hydroxyl groups excluding tert-OH is 1. The molecule has 0 atom stereocenters. The number of thiophene rings is 1. The van der Waals surface area contributed by atoms with Crippen molar-refractivity contribution in [3.8, 4) is 16.2 Å². The SMILES string of the molecule is CC(C)Oc1cccc(-c2cc3ccccc3s2)c1CO. The molecule has 108 valence electrons. The van der Waals surface area contributed by atoms with E-state index in [2.05, 4.69) is 18.2 Å². The Hall–Kier alpha value is -1.84. The van der Waals surface area contributed by atoms with Crippen molar-refractivity contribution in [3.63, 3.8) is 0 Å². The van der Waals surface area contributed by atoms with Crippen molar-refractivity contribution in [2.24, 2.45) is 0 Å². The van der Waals surface area contributed by atoms with Crippen LogP contribution in [0.2, 0.25) is 0 Å². The largest absolute Gasteiger partial charge is 0.491 e. The third-order valence-electron chi connectivity index (χ3n) is 3.34. The van der Waals surface area contributed by atoms with Gasteiger partial charge in [-0.15, -0.1) is 11.3 Å². The Morgan fingerprint density at radius 1 is 1.10 bits per heavy atom. The van der Waals surface area contributed by atoms with Gasteiger partial charge in [0.25, 0.3) is 0 Å². The van der Waals surface area contributed by atoms with Crippen LogP contribution in [0.3, 0.4) is 0 Å². The zero-order valence-electron chi connectivity index (χ0n) is 12.2. The number of hydrogen-bond acceptors (Lipinski definition) is 3. The quantitative estimate of drug-likeness (QED) is 0.746. The minimum Gasteiger partial charge on any atom is -0.491 e. The summed E-state index contributed by atoms with van der Waals surface area (Å²) >= 11 is 1.74. The fourth-order valence-corrected chi connectivity index (χ4v) is 3.55. The highest BCUT2D eigenvalue weighted by molar-refractivity contribution is 7.22. The monoisotopic (exact) mass is 298 g/mol. The summed E-state index contributed by atoms with van der Waals surface area (Å²) in [6.07, 6.45) is 0.0907. The Kier molecular flexibility index (Phi) is 3.95. The maximum absolute atomic E-state index is 9.77. The van der Waals surface area contributed by atoms with E-state index < -0.39 is 0 Å². The molecule has 1 aromatic heterocycles. The van der Waals surface area contributed by atoms with Gasteiger partial charge in [-0.2, -0.15) is 0 Å². The second-order valence-electron chi connectivity index (χ2n) is 5.26. The van der Waals surface area contributed by atoms with E-state index in [-0.39, 0.29) is 12.7 Å². The Bertz CT molecular complexity index is 726. The molecule has 2 nitrogen and oxygen atoms in total. The second-order valence-corrected chi connectivity index (χ2v) is 6.34. The summed E-state index contributed by atoms with van der Waals surface area (Å²) < 4.78 is 7.07. The molecule has 0 saturated heterocycles. The molecule has 0 radical (unpaired) electrons. The highest BCUT2D eigenvalue weighted by Crippen LogP contribution is 2.38. The van der Waals surface area contributed by atoms with Gasteiger partial charge >= 0.3 is 0 Å². The lowest BCUT2D eigenvalue weighted by molar-refractivity contribution is 0.226. The van der Waals surface area contributed by atoms with Gasteiger partial charge in [0.05, 0.1) is 12.7 Å². The number of ether oxygens (including phenoxy) is 1. The molecule has 21 heavy (non-hydrogen) atoms. The summed E-state index contributed by atoms with van der Waals surface area (Å²) in [5.41, 5.74) is 1.91. The molecule has 0 unspecified atom stereocenters. The van der Waals surface area contributed by atoms with Gasteiger partial charge in [0, 0.05) is 20.7 Å². The zero-order chi connectivity index (χ0) is 14.8. The van der Waals surface area contributed by atoms with Gasteiger partial charge in [0.1, 0.15) is 5.75 Å². The van der Waals surface area contributed by atoms with Gasteiger partial charge < -0.3 is 9.84 Å². The number of aliphatic hydroxyl groups is 1. The number of hydrogen-bond donors (Lipinski definition) is 1. The Morgan fingerprint density at radius 3 is 2.62 bits per heavy atom. The van der Waals surface area contributed by atoms with Gasteiger partial charge in [-0.25, -0.2) is 0 Å². The van der Waals surface area contributed by atoms with Crippen molar-refractivity contribution >= 4 is 21.4 Å². The zero-order valence-corrected chi connectivity index (χ0v) is 13.0. The van der Waals surface area contributed by atoms with Crippen LogP contribution in [-0.4, -0.2) is 11.2 Å². The minimum absolute atomic E-state index is 0.0214. The molecule has 3 heteroatoms. The van der Waals surface area contributed by atoms with E-state index in [9.17, 15) is 5.11 Å². The molecular formula is C18H18O2S. The standard InChI is InChI=1S/C18H18O2S/c1-12(2)20-16-8-5-7-14(15(16)11-19)18-10-13-6-3-4-9-17(13)21-18/h3-10,12,19H,11H2,1-2H3. The number of rotatable bonds is 4. The molecule has 0 saturated carbocycles. The van der Waals surface area contributed by atoms with Gasteiger partial charge in [-0.05, 0) is 37.4 Å². The van der Waals surface area contributed by atoms with Crippen LogP contribution >= 0.6 is 11.3 Å². The third kappa shape index (κ3) is 2.80. The van der Waals surface area contributed by atoms with E-state index in [0.717, 1.165) is 21.8 Å². The number of fused-ring (bicyclic) bond motifs is 1. The van der Waals surface area contributed by atoms with Crippen molar-refractivity contribution in [3.05, 3.63) is 54.1 Å². The molecule has 0 aliphatic rings. The Labute approximate surface area is 128 Å². The lowest BCUT2D eigenvalue weighted by atomic mass is 10.0. The summed E-state index contributed by atoms with van der Waals surface area (Å²) in [6, 6.07) is 16.5.